The Morgan fingerprint density at radius 2 is 1.82 bits per heavy atom. The van der Waals surface area contributed by atoms with E-state index in [2.05, 4.69) is 5.16 Å². The number of alkyl halides is 3. The van der Waals surface area contributed by atoms with Gasteiger partial charge < -0.3 is 25.1 Å². The quantitative estimate of drug-likeness (QED) is 0.196. The molecule has 3 aromatic rings. The molecule has 1 aromatic heterocycles. The van der Waals surface area contributed by atoms with Crippen LogP contribution in [0, 0.1) is 5.82 Å². The molecule has 0 bridgehead atoms. The van der Waals surface area contributed by atoms with E-state index >= 15 is 4.39 Å². The lowest BCUT2D eigenvalue weighted by Gasteiger charge is -2.30. The van der Waals surface area contributed by atoms with E-state index < -0.39 is 34.9 Å². The van der Waals surface area contributed by atoms with Gasteiger partial charge in [0.15, 0.2) is 5.84 Å². The number of hydrogen-bond acceptors (Lipinski definition) is 5. The Morgan fingerprint density at radius 3 is 2.41 bits per heavy atom. The zero-order valence-electron chi connectivity index (χ0n) is 18.1. The lowest BCUT2D eigenvalue weighted by molar-refractivity contribution is -0.137. The predicted octanol–water partition coefficient (Wildman–Crippen LogP) is 3.70. The molecule has 1 atom stereocenters. The number of amidine groups is 1. The molecule has 4 rings (SSSR count). The Hall–Kier alpha value is -3.60. The molecule has 11 heteroatoms. The average Bonchev–Trinajstić information content (AvgIpc) is 2.83. The summed E-state index contributed by atoms with van der Waals surface area (Å²) in [5, 5.41) is 12.0. The van der Waals surface area contributed by atoms with Crippen molar-refractivity contribution in [3.05, 3.63) is 75.3 Å². The Morgan fingerprint density at radius 1 is 1.18 bits per heavy atom. The van der Waals surface area contributed by atoms with Gasteiger partial charge in [0.25, 0.3) is 0 Å². The number of rotatable bonds is 4. The van der Waals surface area contributed by atoms with Gasteiger partial charge in [0, 0.05) is 24.7 Å². The van der Waals surface area contributed by atoms with Crippen LogP contribution in [0.2, 0.25) is 0 Å². The van der Waals surface area contributed by atoms with Crippen molar-refractivity contribution in [3.8, 4) is 0 Å². The van der Waals surface area contributed by atoms with Crippen molar-refractivity contribution in [2.75, 3.05) is 31.2 Å². The van der Waals surface area contributed by atoms with E-state index in [9.17, 15) is 18.0 Å². The Labute approximate surface area is 191 Å². The third kappa shape index (κ3) is 4.30. The summed E-state index contributed by atoms with van der Waals surface area (Å²) in [4.78, 5) is 14.8. The third-order valence-electron chi connectivity index (χ3n) is 5.97. The monoisotopic (exact) mass is 478 g/mol. The van der Waals surface area contributed by atoms with Crippen LogP contribution in [0.3, 0.4) is 0 Å². The van der Waals surface area contributed by atoms with Crippen molar-refractivity contribution >= 4 is 22.4 Å². The molecule has 0 radical (unpaired) electrons. The van der Waals surface area contributed by atoms with Gasteiger partial charge in [0.05, 0.1) is 41.6 Å². The van der Waals surface area contributed by atoms with Crippen molar-refractivity contribution < 1.29 is 27.5 Å². The van der Waals surface area contributed by atoms with Gasteiger partial charge in [-0.25, -0.2) is 4.39 Å². The summed E-state index contributed by atoms with van der Waals surface area (Å²) < 4.78 is 61.0. The minimum atomic E-state index is -4.48. The van der Waals surface area contributed by atoms with Crippen LogP contribution in [-0.2, 0) is 10.9 Å². The maximum Gasteiger partial charge on any atom is 0.416 e. The molecular formula is C23H22F4N4O3. The molecule has 3 N–H and O–H groups in total. The number of aromatic nitrogens is 1. The first kappa shape index (κ1) is 23.6. The number of morpholine rings is 1. The summed E-state index contributed by atoms with van der Waals surface area (Å²) in [5.74, 6) is -1.07. The van der Waals surface area contributed by atoms with Crippen LogP contribution in [0.5, 0.6) is 0 Å². The van der Waals surface area contributed by atoms with E-state index in [0.717, 1.165) is 18.2 Å². The highest BCUT2D eigenvalue weighted by Crippen LogP contribution is 2.32. The fourth-order valence-electron chi connectivity index (χ4n) is 4.07. The second kappa shape index (κ2) is 8.98. The van der Waals surface area contributed by atoms with E-state index in [1.165, 1.54) is 24.4 Å². The van der Waals surface area contributed by atoms with Crippen LogP contribution >= 0.6 is 0 Å². The fraction of sp³-hybridized carbons (Fsp3) is 0.304. The van der Waals surface area contributed by atoms with E-state index in [0.29, 0.717) is 37.4 Å². The molecule has 34 heavy (non-hydrogen) atoms. The molecule has 1 fully saturated rings. The van der Waals surface area contributed by atoms with Crippen molar-refractivity contribution in [2.45, 2.75) is 19.1 Å². The first-order valence-electron chi connectivity index (χ1n) is 10.5. The highest BCUT2D eigenvalue weighted by atomic mass is 19.4. The maximum absolute atomic E-state index is 15.1. The van der Waals surface area contributed by atoms with Crippen LogP contribution in [0.1, 0.15) is 29.7 Å². The number of pyridine rings is 1. The molecule has 2 heterocycles. The fourth-order valence-corrected chi connectivity index (χ4v) is 4.07. The molecule has 0 saturated carbocycles. The summed E-state index contributed by atoms with van der Waals surface area (Å²) in [6.07, 6.45) is -3.11. The summed E-state index contributed by atoms with van der Waals surface area (Å²) in [6.45, 7) is 3.50. The normalized spacial score (nSPS) is 16.1. The number of nitrogens with zero attached hydrogens (tertiary/aromatic N) is 3. The zero-order valence-corrected chi connectivity index (χ0v) is 18.1. The summed E-state index contributed by atoms with van der Waals surface area (Å²) in [5.41, 5.74) is 5.26. The Balaban J connectivity index is 1.92. The SMILES string of the molecule is CC(c1ccc(C(F)(F)F)cc1)n1cc(/C(N)=N/O)c(=O)c2cc(F)c(N3CCOCC3)cc21. The summed E-state index contributed by atoms with van der Waals surface area (Å²) >= 11 is 0. The first-order chi connectivity index (χ1) is 16.1. The smallest absolute Gasteiger partial charge is 0.409 e. The first-order valence-corrected chi connectivity index (χ1v) is 10.5. The molecule has 1 aliphatic heterocycles. The largest absolute Gasteiger partial charge is 0.416 e. The molecule has 7 nitrogen and oxygen atoms in total. The second-order valence-corrected chi connectivity index (χ2v) is 7.98. The average molecular weight is 478 g/mol. The standard InChI is InChI=1S/C23H22F4N4O3/c1-13(14-2-4-15(5-3-14)23(25,26)27)31-12-17(22(28)29-33)21(32)16-10-18(24)20(11-19(16)31)30-6-8-34-9-7-30/h2-5,10-13,33H,6-9H2,1H3,(H2,28,29). The van der Waals surface area contributed by atoms with Crippen LogP contribution in [0.4, 0.5) is 23.2 Å². The maximum atomic E-state index is 15.1. The minimum absolute atomic E-state index is 0.00243. The number of oxime groups is 1. The Bertz CT molecular complexity index is 1300. The number of ether oxygens (including phenoxy) is 1. The Kier molecular flexibility index (Phi) is 6.22. The van der Waals surface area contributed by atoms with Gasteiger partial charge in [0.2, 0.25) is 5.43 Å². The molecule has 1 saturated heterocycles. The molecular weight excluding hydrogens is 456 g/mol. The van der Waals surface area contributed by atoms with Crippen LogP contribution in [0.15, 0.2) is 52.5 Å². The van der Waals surface area contributed by atoms with Gasteiger partial charge >= 0.3 is 6.18 Å². The molecule has 0 aliphatic carbocycles. The molecule has 0 amide bonds. The summed E-state index contributed by atoms with van der Waals surface area (Å²) in [7, 11) is 0. The van der Waals surface area contributed by atoms with Crippen LogP contribution in [0.25, 0.3) is 10.9 Å². The van der Waals surface area contributed by atoms with Crippen molar-refractivity contribution in [2.24, 2.45) is 10.9 Å². The zero-order chi connectivity index (χ0) is 24.6. The third-order valence-corrected chi connectivity index (χ3v) is 5.97. The van der Waals surface area contributed by atoms with Crippen LogP contribution < -0.4 is 16.1 Å². The van der Waals surface area contributed by atoms with Gasteiger partial charge in [-0.15, -0.1) is 0 Å². The lowest BCUT2D eigenvalue weighted by atomic mass is 10.0. The topological polar surface area (TPSA) is 93.1 Å². The van der Waals surface area contributed by atoms with E-state index in [-0.39, 0.29) is 16.6 Å². The van der Waals surface area contributed by atoms with Crippen molar-refractivity contribution in [1.82, 2.24) is 4.57 Å². The van der Waals surface area contributed by atoms with Crippen molar-refractivity contribution in [3.63, 3.8) is 0 Å². The van der Waals surface area contributed by atoms with Crippen LogP contribution in [-0.4, -0.2) is 41.9 Å². The molecule has 180 valence electrons. The van der Waals surface area contributed by atoms with Gasteiger partial charge in [-0.3, -0.25) is 4.79 Å². The van der Waals surface area contributed by atoms with E-state index in [1.54, 1.807) is 16.4 Å². The second-order valence-electron chi connectivity index (χ2n) is 7.98. The summed E-state index contributed by atoms with van der Waals surface area (Å²) in [6, 6.07) is 6.69. The van der Waals surface area contributed by atoms with Gasteiger partial charge in [0.1, 0.15) is 5.82 Å². The minimum Gasteiger partial charge on any atom is -0.409 e. The number of anilines is 1. The van der Waals surface area contributed by atoms with Gasteiger partial charge in [-0.05, 0) is 36.8 Å². The number of benzene rings is 2. The number of nitrogens with two attached hydrogens (primary N) is 1. The number of hydrogen-bond donors (Lipinski definition) is 2. The number of halogens is 4. The molecule has 0 spiro atoms. The van der Waals surface area contributed by atoms with Crippen molar-refractivity contribution in [1.29, 1.82) is 0 Å². The molecule has 2 aromatic carbocycles. The van der Waals surface area contributed by atoms with E-state index in [1.807, 2.05) is 0 Å². The highest BCUT2D eigenvalue weighted by molar-refractivity contribution is 6.00. The van der Waals surface area contributed by atoms with Gasteiger partial charge in [-0.2, -0.15) is 13.2 Å². The molecule has 1 unspecified atom stereocenters. The number of fused-ring (bicyclic) bond motifs is 1. The predicted molar refractivity (Wildman–Crippen MR) is 119 cm³/mol. The lowest BCUT2D eigenvalue weighted by Crippen LogP contribution is -2.37. The highest BCUT2D eigenvalue weighted by Gasteiger charge is 2.30. The van der Waals surface area contributed by atoms with E-state index in [4.69, 9.17) is 15.7 Å². The molecule has 1 aliphatic rings. The van der Waals surface area contributed by atoms with Gasteiger partial charge in [-0.1, -0.05) is 17.3 Å².